The van der Waals surface area contributed by atoms with Crippen LogP contribution in [0, 0.1) is 17.1 Å². The zero-order valence-electron chi connectivity index (χ0n) is 14.0. The van der Waals surface area contributed by atoms with Gasteiger partial charge in [-0.25, -0.2) is 4.39 Å². The monoisotopic (exact) mass is 316 g/mol. The van der Waals surface area contributed by atoms with Crippen LogP contribution in [0.4, 0.5) is 4.39 Å². The van der Waals surface area contributed by atoms with Gasteiger partial charge in [0.15, 0.2) is 0 Å². The molecule has 0 unspecified atom stereocenters. The van der Waals surface area contributed by atoms with Crippen LogP contribution in [0.2, 0.25) is 0 Å². The summed E-state index contributed by atoms with van der Waals surface area (Å²) in [6.07, 6.45) is 1.88. The Hall–Kier alpha value is -1.68. The van der Waals surface area contributed by atoms with Crippen LogP contribution in [0.15, 0.2) is 23.7 Å². The Labute approximate surface area is 137 Å². The molecular formula is C17H22BFN2O2. The van der Waals surface area contributed by atoms with E-state index in [-0.39, 0.29) is 18.8 Å². The summed E-state index contributed by atoms with van der Waals surface area (Å²) in [6, 6.07) is 6.67. The molecule has 0 saturated carbocycles. The van der Waals surface area contributed by atoms with Crippen molar-refractivity contribution in [1.82, 2.24) is 0 Å². The molecule has 0 amide bonds. The molecule has 1 aromatic rings. The predicted molar refractivity (Wildman–Crippen MR) is 88.8 cm³/mol. The molecule has 1 aromatic carbocycles. The fourth-order valence-electron chi connectivity index (χ4n) is 2.32. The highest BCUT2D eigenvalue weighted by Gasteiger charge is 2.52. The first-order chi connectivity index (χ1) is 10.7. The lowest BCUT2D eigenvalue weighted by molar-refractivity contribution is 0.00578. The molecular weight excluding hydrogens is 294 g/mol. The summed E-state index contributed by atoms with van der Waals surface area (Å²) < 4.78 is 26.0. The Morgan fingerprint density at radius 2 is 1.91 bits per heavy atom. The van der Waals surface area contributed by atoms with Gasteiger partial charge in [-0.15, -0.1) is 0 Å². The van der Waals surface area contributed by atoms with Crippen molar-refractivity contribution in [1.29, 1.82) is 5.26 Å². The van der Waals surface area contributed by atoms with E-state index in [1.807, 2.05) is 27.7 Å². The van der Waals surface area contributed by atoms with Crippen molar-refractivity contribution < 1.29 is 13.7 Å². The third-order valence-electron chi connectivity index (χ3n) is 4.48. The number of nitrogens with two attached hydrogens (primary N) is 1. The van der Waals surface area contributed by atoms with E-state index in [0.717, 1.165) is 5.56 Å². The van der Waals surface area contributed by atoms with E-state index < -0.39 is 18.3 Å². The van der Waals surface area contributed by atoms with Gasteiger partial charge in [-0.1, -0.05) is 12.1 Å². The van der Waals surface area contributed by atoms with Crippen LogP contribution in [0.3, 0.4) is 0 Å². The van der Waals surface area contributed by atoms with Crippen molar-refractivity contribution in [2.24, 2.45) is 5.73 Å². The summed E-state index contributed by atoms with van der Waals surface area (Å²) in [5.41, 5.74) is 6.66. The standard InChI is InChI=1S/C17H22BFN2O2/c1-16(2)17(3,4)23-18(22-16)14(11-21)10-13-9-12(7-8-20)5-6-15(13)19/h5-6,9-10H,7,11,21H2,1-4H3. The van der Waals surface area contributed by atoms with E-state index in [0.29, 0.717) is 11.0 Å². The van der Waals surface area contributed by atoms with Gasteiger partial charge in [0.05, 0.1) is 23.7 Å². The van der Waals surface area contributed by atoms with Gasteiger partial charge in [0.25, 0.3) is 0 Å². The molecule has 1 heterocycles. The van der Waals surface area contributed by atoms with Crippen molar-refractivity contribution in [3.8, 4) is 6.07 Å². The topological polar surface area (TPSA) is 68.3 Å². The molecule has 1 aliphatic heterocycles. The molecule has 4 nitrogen and oxygen atoms in total. The molecule has 2 N–H and O–H groups in total. The van der Waals surface area contributed by atoms with E-state index in [1.165, 1.54) is 6.07 Å². The van der Waals surface area contributed by atoms with Gasteiger partial charge in [-0.05, 0) is 50.9 Å². The van der Waals surface area contributed by atoms with E-state index in [9.17, 15) is 4.39 Å². The van der Waals surface area contributed by atoms with Crippen LogP contribution >= 0.6 is 0 Å². The minimum absolute atomic E-state index is 0.193. The van der Waals surface area contributed by atoms with Gasteiger partial charge in [0.1, 0.15) is 5.82 Å². The highest BCUT2D eigenvalue weighted by atomic mass is 19.1. The number of halogens is 1. The first-order valence-corrected chi connectivity index (χ1v) is 7.62. The molecule has 1 aliphatic rings. The number of hydrogen-bond donors (Lipinski definition) is 1. The maximum Gasteiger partial charge on any atom is 0.491 e. The molecule has 0 radical (unpaired) electrons. The number of nitriles is 1. The molecule has 122 valence electrons. The van der Waals surface area contributed by atoms with Crippen LogP contribution < -0.4 is 5.73 Å². The molecule has 0 spiro atoms. The van der Waals surface area contributed by atoms with Crippen molar-refractivity contribution in [2.45, 2.75) is 45.3 Å². The third-order valence-corrected chi connectivity index (χ3v) is 4.48. The van der Waals surface area contributed by atoms with E-state index in [2.05, 4.69) is 6.07 Å². The van der Waals surface area contributed by atoms with Gasteiger partial charge < -0.3 is 15.0 Å². The molecule has 0 aromatic heterocycles. The fourth-order valence-corrected chi connectivity index (χ4v) is 2.32. The van der Waals surface area contributed by atoms with Crippen molar-refractivity contribution in [3.05, 3.63) is 40.6 Å². The van der Waals surface area contributed by atoms with E-state index in [1.54, 1.807) is 18.2 Å². The Morgan fingerprint density at radius 3 is 2.43 bits per heavy atom. The number of nitrogens with zero attached hydrogens (tertiary/aromatic N) is 1. The number of rotatable bonds is 4. The molecule has 1 saturated heterocycles. The molecule has 0 bridgehead atoms. The smallest absolute Gasteiger partial charge is 0.400 e. The zero-order valence-corrected chi connectivity index (χ0v) is 14.0. The van der Waals surface area contributed by atoms with E-state index in [4.69, 9.17) is 20.3 Å². The Morgan fingerprint density at radius 1 is 1.30 bits per heavy atom. The average Bonchev–Trinajstić information content (AvgIpc) is 2.68. The Balaban J connectivity index is 2.34. The summed E-state index contributed by atoms with van der Waals surface area (Å²) in [6.45, 7) is 8.01. The third kappa shape index (κ3) is 3.64. The minimum Gasteiger partial charge on any atom is -0.400 e. The highest BCUT2D eigenvalue weighted by molar-refractivity contribution is 6.55. The fraction of sp³-hybridized carbons (Fsp3) is 0.471. The van der Waals surface area contributed by atoms with Gasteiger partial charge in [0.2, 0.25) is 0 Å². The van der Waals surface area contributed by atoms with Crippen LogP contribution in [-0.2, 0) is 15.7 Å². The maximum atomic E-state index is 14.0. The normalized spacial score (nSPS) is 19.7. The van der Waals surface area contributed by atoms with Gasteiger partial charge in [-0.3, -0.25) is 0 Å². The van der Waals surface area contributed by atoms with Crippen molar-refractivity contribution >= 4 is 13.2 Å². The minimum atomic E-state index is -0.607. The second-order valence-electron chi connectivity index (χ2n) is 6.70. The van der Waals surface area contributed by atoms with Crippen LogP contribution in [0.1, 0.15) is 38.8 Å². The molecule has 2 rings (SSSR count). The molecule has 0 aliphatic carbocycles. The van der Waals surface area contributed by atoms with Crippen molar-refractivity contribution in [3.63, 3.8) is 0 Å². The van der Waals surface area contributed by atoms with Crippen LogP contribution in [0.5, 0.6) is 0 Å². The second kappa shape index (κ2) is 6.44. The van der Waals surface area contributed by atoms with Crippen LogP contribution in [0.25, 0.3) is 6.08 Å². The van der Waals surface area contributed by atoms with Gasteiger partial charge in [-0.2, -0.15) is 5.26 Å². The zero-order chi connectivity index (χ0) is 17.3. The van der Waals surface area contributed by atoms with Gasteiger partial charge >= 0.3 is 7.12 Å². The second-order valence-corrected chi connectivity index (χ2v) is 6.70. The Kier molecular flexibility index (Phi) is 4.95. The Bertz CT molecular complexity index is 649. The predicted octanol–water partition coefficient (Wildman–Crippen LogP) is 2.87. The molecule has 23 heavy (non-hydrogen) atoms. The number of benzene rings is 1. The first-order valence-electron chi connectivity index (χ1n) is 7.62. The summed E-state index contributed by atoms with van der Waals surface area (Å²) in [4.78, 5) is 0. The average molecular weight is 316 g/mol. The SMILES string of the molecule is CC1(C)OB(C(=Cc2cc(CC#N)ccc2F)CN)OC1(C)C. The largest absolute Gasteiger partial charge is 0.491 e. The molecule has 1 fully saturated rings. The lowest BCUT2D eigenvalue weighted by atomic mass is 9.77. The van der Waals surface area contributed by atoms with E-state index >= 15 is 0 Å². The lowest BCUT2D eigenvalue weighted by Gasteiger charge is -2.32. The maximum absolute atomic E-state index is 14.0. The first kappa shape index (κ1) is 17.7. The molecule has 6 heteroatoms. The lowest BCUT2D eigenvalue weighted by Crippen LogP contribution is -2.41. The van der Waals surface area contributed by atoms with Crippen LogP contribution in [-0.4, -0.2) is 24.9 Å². The summed E-state index contributed by atoms with van der Waals surface area (Å²) in [5, 5.41) is 8.78. The van der Waals surface area contributed by atoms with Crippen molar-refractivity contribution in [2.75, 3.05) is 6.54 Å². The summed E-state index contributed by atoms with van der Waals surface area (Å²) in [7, 11) is -0.607. The summed E-state index contributed by atoms with van der Waals surface area (Å²) >= 11 is 0. The molecule has 0 atom stereocenters. The summed E-state index contributed by atoms with van der Waals surface area (Å²) in [5.74, 6) is -0.367. The quantitative estimate of drug-likeness (QED) is 0.867. The number of hydrogen-bond acceptors (Lipinski definition) is 4. The highest BCUT2D eigenvalue weighted by Crippen LogP contribution is 2.38. The van der Waals surface area contributed by atoms with Gasteiger partial charge in [0, 0.05) is 12.1 Å².